The Morgan fingerprint density at radius 1 is 1.00 bits per heavy atom. The van der Waals surface area contributed by atoms with E-state index in [4.69, 9.17) is 11.6 Å². The molecule has 0 heterocycles. The van der Waals surface area contributed by atoms with Crippen molar-refractivity contribution in [2.45, 2.75) is 19.8 Å². The zero-order valence-electron chi connectivity index (χ0n) is 11.2. The molecule has 0 aromatic heterocycles. The molecule has 0 aliphatic carbocycles. The Kier molecular flexibility index (Phi) is 6.73. The van der Waals surface area contributed by atoms with Crippen LogP contribution in [0.5, 0.6) is 0 Å². The Morgan fingerprint density at radius 2 is 1.65 bits per heavy atom. The minimum atomic E-state index is -0.321. The number of hydrogen-bond donors (Lipinski definition) is 2. The topological polar surface area (TPSA) is 75.3 Å². The molecular formula is C14H17ClN2O3. The second-order valence-corrected chi connectivity index (χ2v) is 4.60. The van der Waals surface area contributed by atoms with Crippen LogP contribution in [0.25, 0.3) is 0 Å². The van der Waals surface area contributed by atoms with E-state index in [0.29, 0.717) is 17.1 Å². The van der Waals surface area contributed by atoms with Gasteiger partial charge in [-0.15, -0.1) is 0 Å². The molecule has 2 N–H and O–H groups in total. The van der Waals surface area contributed by atoms with Crippen molar-refractivity contribution in [3.05, 3.63) is 34.9 Å². The molecule has 0 spiro atoms. The molecule has 5 nitrogen and oxygen atoms in total. The number of benzene rings is 1. The molecule has 0 atom stereocenters. The summed E-state index contributed by atoms with van der Waals surface area (Å²) in [7, 11) is 0. The summed E-state index contributed by atoms with van der Waals surface area (Å²) in [6.07, 6.45) is 0.156. The standard InChI is InChI=1S/C14H17ClN2O3/c1-2-16-14(20)9-17-13(19)8-7-12(18)10-3-5-11(15)6-4-10/h3-6H,2,7-9H2,1H3,(H,16,20)(H,17,19). The molecule has 0 saturated carbocycles. The van der Waals surface area contributed by atoms with Crippen LogP contribution in [-0.4, -0.2) is 30.7 Å². The van der Waals surface area contributed by atoms with Gasteiger partial charge in [0.05, 0.1) is 6.54 Å². The number of ketones is 1. The summed E-state index contributed by atoms with van der Waals surface area (Å²) in [5.74, 6) is -0.696. The van der Waals surface area contributed by atoms with Crippen LogP contribution >= 0.6 is 11.6 Å². The van der Waals surface area contributed by atoms with Crippen LogP contribution in [-0.2, 0) is 9.59 Å². The SMILES string of the molecule is CCNC(=O)CNC(=O)CCC(=O)c1ccc(Cl)cc1. The van der Waals surface area contributed by atoms with E-state index < -0.39 is 0 Å². The fourth-order valence-electron chi connectivity index (χ4n) is 1.53. The average molecular weight is 297 g/mol. The van der Waals surface area contributed by atoms with E-state index in [1.165, 1.54) is 0 Å². The molecule has 0 unspecified atom stereocenters. The Bertz CT molecular complexity index is 486. The predicted molar refractivity (Wildman–Crippen MR) is 76.7 cm³/mol. The molecule has 1 aromatic rings. The lowest BCUT2D eigenvalue weighted by atomic mass is 10.1. The van der Waals surface area contributed by atoms with Crippen molar-refractivity contribution in [2.24, 2.45) is 0 Å². The molecule has 1 rings (SSSR count). The zero-order valence-corrected chi connectivity index (χ0v) is 12.0. The number of carbonyl (C=O) groups is 3. The van der Waals surface area contributed by atoms with Crippen LogP contribution in [0, 0.1) is 0 Å². The van der Waals surface area contributed by atoms with Gasteiger partial charge in [-0.05, 0) is 31.2 Å². The summed E-state index contributed by atoms with van der Waals surface area (Å²) >= 11 is 5.73. The fraction of sp³-hybridized carbons (Fsp3) is 0.357. The number of likely N-dealkylation sites (N-methyl/N-ethyl adjacent to an activating group) is 1. The van der Waals surface area contributed by atoms with Crippen LogP contribution in [0.4, 0.5) is 0 Å². The first-order valence-corrected chi connectivity index (χ1v) is 6.73. The van der Waals surface area contributed by atoms with Crippen LogP contribution < -0.4 is 10.6 Å². The molecule has 0 aliphatic heterocycles. The monoisotopic (exact) mass is 296 g/mol. The third kappa shape index (κ3) is 5.84. The van der Waals surface area contributed by atoms with Crippen molar-refractivity contribution in [1.82, 2.24) is 10.6 Å². The summed E-state index contributed by atoms with van der Waals surface area (Å²) in [6.45, 7) is 2.25. The molecule has 6 heteroatoms. The molecule has 0 radical (unpaired) electrons. The molecule has 108 valence electrons. The normalized spacial score (nSPS) is 9.90. The third-order valence-electron chi connectivity index (χ3n) is 2.57. The Labute approximate surface area is 122 Å². The second kappa shape index (κ2) is 8.32. The van der Waals surface area contributed by atoms with Crippen molar-refractivity contribution in [1.29, 1.82) is 0 Å². The van der Waals surface area contributed by atoms with Gasteiger partial charge >= 0.3 is 0 Å². The molecule has 0 fully saturated rings. The average Bonchev–Trinajstić information content (AvgIpc) is 2.43. The van der Waals surface area contributed by atoms with Gasteiger partial charge in [0, 0.05) is 30.0 Å². The highest BCUT2D eigenvalue weighted by Crippen LogP contribution is 2.11. The Balaban J connectivity index is 2.32. The molecule has 20 heavy (non-hydrogen) atoms. The maximum atomic E-state index is 11.8. The number of amides is 2. The van der Waals surface area contributed by atoms with E-state index in [2.05, 4.69) is 10.6 Å². The summed E-state index contributed by atoms with van der Waals surface area (Å²) in [5, 5.41) is 5.58. The first kappa shape index (κ1) is 16.2. The highest BCUT2D eigenvalue weighted by molar-refractivity contribution is 6.30. The van der Waals surface area contributed by atoms with Gasteiger partial charge in [0.15, 0.2) is 5.78 Å². The fourth-order valence-corrected chi connectivity index (χ4v) is 1.66. The number of carbonyl (C=O) groups excluding carboxylic acids is 3. The molecular weight excluding hydrogens is 280 g/mol. The van der Waals surface area contributed by atoms with Crippen LogP contribution in [0.1, 0.15) is 30.1 Å². The van der Waals surface area contributed by atoms with Crippen LogP contribution in [0.15, 0.2) is 24.3 Å². The van der Waals surface area contributed by atoms with Gasteiger partial charge in [0.2, 0.25) is 11.8 Å². The number of hydrogen-bond acceptors (Lipinski definition) is 3. The minimum absolute atomic E-state index is 0.0564. The molecule has 1 aromatic carbocycles. The lowest BCUT2D eigenvalue weighted by molar-refractivity contribution is -0.126. The molecule has 0 aliphatic rings. The third-order valence-corrected chi connectivity index (χ3v) is 2.82. The summed E-state index contributed by atoms with van der Waals surface area (Å²) < 4.78 is 0. The predicted octanol–water partition coefficient (Wildman–Crippen LogP) is 1.56. The maximum absolute atomic E-state index is 11.8. The van der Waals surface area contributed by atoms with Gasteiger partial charge in [0.1, 0.15) is 0 Å². The first-order chi connectivity index (χ1) is 9.52. The molecule has 2 amide bonds. The zero-order chi connectivity index (χ0) is 15.0. The lowest BCUT2D eigenvalue weighted by Gasteiger charge is -2.05. The second-order valence-electron chi connectivity index (χ2n) is 4.16. The number of nitrogens with one attached hydrogen (secondary N) is 2. The summed E-state index contributed by atoms with van der Waals surface area (Å²) in [5.41, 5.74) is 0.519. The van der Waals surface area contributed by atoms with Crippen molar-refractivity contribution in [2.75, 3.05) is 13.1 Å². The van der Waals surface area contributed by atoms with Crippen LogP contribution in [0.2, 0.25) is 5.02 Å². The molecule has 0 saturated heterocycles. The van der Waals surface area contributed by atoms with Gasteiger partial charge in [-0.1, -0.05) is 11.6 Å². The van der Waals surface area contributed by atoms with Crippen molar-refractivity contribution in [3.8, 4) is 0 Å². The van der Waals surface area contributed by atoms with Gasteiger partial charge in [-0.25, -0.2) is 0 Å². The van der Waals surface area contributed by atoms with Gasteiger partial charge in [-0.2, -0.15) is 0 Å². The minimum Gasteiger partial charge on any atom is -0.355 e. The van der Waals surface area contributed by atoms with E-state index in [1.807, 2.05) is 0 Å². The van der Waals surface area contributed by atoms with E-state index in [0.717, 1.165) is 0 Å². The lowest BCUT2D eigenvalue weighted by Crippen LogP contribution is -2.36. The highest BCUT2D eigenvalue weighted by atomic mass is 35.5. The summed E-state index contributed by atoms with van der Waals surface area (Å²) in [6, 6.07) is 6.50. The van der Waals surface area contributed by atoms with E-state index in [1.54, 1.807) is 31.2 Å². The number of halogens is 1. The smallest absolute Gasteiger partial charge is 0.239 e. The van der Waals surface area contributed by atoms with Crippen molar-refractivity contribution < 1.29 is 14.4 Å². The van der Waals surface area contributed by atoms with E-state index >= 15 is 0 Å². The Hall–Kier alpha value is -1.88. The van der Waals surface area contributed by atoms with Gasteiger partial charge in [-0.3, -0.25) is 14.4 Å². The van der Waals surface area contributed by atoms with Crippen molar-refractivity contribution in [3.63, 3.8) is 0 Å². The molecule has 0 bridgehead atoms. The summed E-state index contributed by atoms with van der Waals surface area (Å²) in [4.78, 5) is 34.4. The largest absolute Gasteiger partial charge is 0.355 e. The maximum Gasteiger partial charge on any atom is 0.239 e. The van der Waals surface area contributed by atoms with Crippen LogP contribution in [0.3, 0.4) is 0 Å². The highest BCUT2D eigenvalue weighted by Gasteiger charge is 2.10. The van der Waals surface area contributed by atoms with E-state index in [9.17, 15) is 14.4 Å². The first-order valence-electron chi connectivity index (χ1n) is 6.35. The number of Topliss-reactive ketones (excluding diaryl/α,β-unsaturated/α-hetero) is 1. The Morgan fingerprint density at radius 3 is 2.25 bits per heavy atom. The van der Waals surface area contributed by atoms with E-state index in [-0.39, 0.29) is 37.0 Å². The quantitative estimate of drug-likeness (QED) is 0.750. The van der Waals surface area contributed by atoms with Gasteiger partial charge in [0.25, 0.3) is 0 Å². The number of rotatable bonds is 7. The van der Waals surface area contributed by atoms with Gasteiger partial charge < -0.3 is 10.6 Å². The van der Waals surface area contributed by atoms with Crippen molar-refractivity contribution >= 4 is 29.2 Å².